The Balaban J connectivity index is 0.000000191. The summed E-state index contributed by atoms with van der Waals surface area (Å²) in [6.07, 6.45) is 2.51. The number of carbonyl (C=O) groups is 2. The summed E-state index contributed by atoms with van der Waals surface area (Å²) in [6, 6.07) is 16.9. The molecular formula is C30H32O5. The van der Waals surface area contributed by atoms with Crippen LogP contribution in [0.4, 0.5) is 0 Å². The van der Waals surface area contributed by atoms with E-state index < -0.39 is 11.9 Å². The van der Waals surface area contributed by atoms with Crippen LogP contribution in [-0.4, -0.2) is 17.0 Å². The molecule has 0 bridgehead atoms. The van der Waals surface area contributed by atoms with Crippen LogP contribution < -0.4 is 9.47 Å². The minimum atomic E-state index is -1.01. The first-order valence-corrected chi connectivity index (χ1v) is 11.9. The first kappa shape index (κ1) is 24.5. The molecule has 5 nitrogen and oxygen atoms in total. The molecule has 3 aromatic rings. The first-order chi connectivity index (χ1) is 16.4. The van der Waals surface area contributed by atoms with Gasteiger partial charge in [-0.05, 0) is 83.2 Å². The van der Waals surface area contributed by atoms with Crippen LogP contribution >= 0.6 is 0 Å². The van der Waals surface area contributed by atoms with E-state index in [1.807, 2.05) is 0 Å². The highest BCUT2D eigenvalue weighted by Gasteiger charge is 2.37. The molecule has 0 amide bonds. The van der Waals surface area contributed by atoms with E-state index in [1.54, 1.807) is 0 Å². The molecule has 2 aliphatic rings. The van der Waals surface area contributed by atoms with Crippen molar-refractivity contribution in [1.82, 2.24) is 0 Å². The fourth-order valence-corrected chi connectivity index (χ4v) is 4.77. The maximum absolute atomic E-state index is 10.5. The number of aryl methyl sites for hydroxylation is 1. The number of benzene rings is 3. The van der Waals surface area contributed by atoms with E-state index in [4.69, 9.17) is 14.6 Å². The second kappa shape index (κ2) is 8.88. The van der Waals surface area contributed by atoms with Crippen molar-refractivity contribution in [3.8, 4) is 28.4 Å². The van der Waals surface area contributed by atoms with Crippen molar-refractivity contribution in [2.75, 3.05) is 0 Å². The number of rotatable bonds is 3. The number of aromatic carboxylic acids is 1. The molecule has 1 aliphatic heterocycles. The molecule has 0 unspecified atom stereocenters. The van der Waals surface area contributed by atoms with Gasteiger partial charge < -0.3 is 14.6 Å². The van der Waals surface area contributed by atoms with Crippen LogP contribution in [0.15, 0.2) is 54.6 Å². The predicted molar refractivity (Wildman–Crippen MR) is 137 cm³/mol. The summed E-state index contributed by atoms with van der Waals surface area (Å²) in [5.74, 6) is 1.03. The maximum atomic E-state index is 10.5. The van der Waals surface area contributed by atoms with E-state index in [0.717, 1.165) is 11.5 Å². The highest BCUT2D eigenvalue weighted by molar-refractivity contribution is 5.87. The van der Waals surface area contributed by atoms with Gasteiger partial charge in [0.25, 0.3) is 0 Å². The number of carboxylic acid groups (broad SMARTS) is 1. The fraction of sp³-hybridized carbons (Fsp3) is 0.333. The van der Waals surface area contributed by atoms with Gasteiger partial charge in [-0.25, -0.2) is 4.79 Å². The van der Waals surface area contributed by atoms with Crippen molar-refractivity contribution in [2.24, 2.45) is 0 Å². The van der Waals surface area contributed by atoms with Gasteiger partial charge in [0.05, 0.1) is 5.56 Å². The van der Waals surface area contributed by atoms with E-state index in [2.05, 4.69) is 65.0 Å². The molecule has 1 N–H and O–H groups in total. The van der Waals surface area contributed by atoms with Crippen LogP contribution in [0.5, 0.6) is 17.2 Å². The summed E-state index contributed by atoms with van der Waals surface area (Å²) in [4.78, 5) is 20.9. The van der Waals surface area contributed by atoms with Gasteiger partial charge in [0, 0.05) is 12.5 Å². The molecule has 0 radical (unpaired) electrons. The Hall–Kier alpha value is -3.60. The van der Waals surface area contributed by atoms with Crippen molar-refractivity contribution in [3.63, 3.8) is 0 Å². The lowest BCUT2D eigenvalue weighted by Crippen LogP contribution is -2.33. The smallest absolute Gasteiger partial charge is 0.335 e. The lowest BCUT2D eigenvalue weighted by atomic mass is 9.63. The standard InChI is InChI=1S/C21H24O.C9H8O4/c1-13-6-9-17-19(22-17)18(13)14-7-8-15-16(12-14)21(4,5)11-10-20(15,2)3;1-6(10)13-8-4-2-7(3-5-8)9(11)12/h6-9,12H,10-11H2,1-5H3;2-5H,1H3,(H,11,12). The third-order valence-corrected chi connectivity index (χ3v) is 7.00. The first-order valence-electron chi connectivity index (χ1n) is 11.9. The van der Waals surface area contributed by atoms with Gasteiger partial charge in [-0.3, -0.25) is 4.79 Å². The van der Waals surface area contributed by atoms with Gasteiger partial charge in [0.1, 0.15) is 5.75 Å². The fourth-order valence-electron chi connectivity index (χ4n) is 4.77. The van der Waals surface area contributed by atoms with Gasteiger partial charge in [-0.1, -0.05) is 52.0 Å². The number of carbonyl (C=O) groups excluding carboxylic acids is 1. The normalized spacial score (nSPS) is 15.9. The molecule has 1 aliphatic carbocycles. The third kappa shape index (κ3) is 5.09. The summed E-state index contributed by atoms with van der Waals surface area (Å²) in [5.41, 5.74) is 7.60. The highest BCUT2D eigenvalue weighted by atomic mass is 16.6. The summed E-state index contributed by atoms with van der Waals surface area (Å²) >= 11 is 0. The number of hydrogen-bond donors (Lipinski definition) is 1. The SMILES string of the molecule is CC(=O)Oc1ccc(C(=O)O)cc1.Cc1ccc2c(c1-c1ccc3c(c1)C(C)(C)CCC3(C)C)O2. The molecule has 1 heterocycles. The number of ether oxygens (including phenoxy) is 2. The van der Waals surface area contributed by atoms with E-state index in [0.29, 0.717) is 5.75 Å². The Morgan fingerprint density at radius 2 is 1.51 bits per heavy atom. The third-order valence-electron chi connectivity index (χ3n) is 7.00. The summed E-state index contributed by atoms with van der Waals surface area (Å²) < 4.78 is 10.4. The summed E-state index contributed by atoms with van der Waals surface area (Å²) in [6.45, 7) is 13.0. The molecule has 5 rings (SSSR count). The Morgan fingerprint density at radius 3 is 2.11 bits per heavy atom. The van der Waals surface area contributed by atoms with Gasteiger partial charge >= 0.3 is 11.9 Å². The van der Waals surface area contributed by atoms with Crippen LogP contribution in [0.1, 0.15) is 74.5 Å². The van der Waals surface area contributed by atoms with E-state index >= 15 is 0 Å². The molecule has 35 heavy (non-hydrogen) atoms. The molecule has 0 atom stereocenters. The number of hydrogen-bond acceptors (Lipinski definition) is 4. The summed E-state index contributed by atoms with van der Waals surface area (Å²) in [7, 11) is 0. The van der Waals surface area contributed by atoms with Crippen molar-refractivity contribution >= 4 is 11.9 Å². The average molecular weight is 473 g/mol. The zero-order chi connectivity index (χ0) is 25.5. The van der Waals surface area contributed by atoms with Crippen molar-refractivity contribution in [1.29, 1.82) is 0 Å². The van der Waals surface area contributed by atoms with Gasteiger partial charge in [-0.2, -0.15) is 0 Å². The molecule has 5 heteroatoms. The minimum absolute atomic E-state index is 0.163. The predicted octanol–water partition coefficient (Wildman–Crippen LogP) is 7.43. The lowest BCUT2D eigenvalue weighted by Gasteiger charge is -2.42. The van der Waals surface area contributed by atoms with Gasteiger partial charge in [-0.15, -0.1) is 0 Å². The molecule has 0 saturated heterocycles. The van der Waals surface area contributed by atoms with E-state index in [9.17, 15) is 9.59 Å². The summed E-state index contributed by atoms with van der Waals surface area (Å²) in [5, 5.41) is 8.55. The highest BCUT2D eigenvalue weighted by Crippen LogP contribution is 2.54. The second-order valence-electron chi connectivity index (χ2n) is 10.6. The molecule has 0 fully saturated rings. The Bertz CT molecular complexity index is 1300. The molecule has 182 valence electrons. The molecule has 0 aromatic heterocycles. The Labute approximate surface area is 206 Å². The topological polar surface area (TPSA) is 76.1 Å². The van der Waals surface area contributed by atoms with Crippen LogP contribution in [0.2, 0.25) is 0 Å². The van der Waals surface area contributed by atoms with Crippen LogP contribution in [-0.2, 0) is 15.6 Å². The largest absolute Gasteiger partial charge is 0.478 e. The van der Waals surface area contributed by atoms with Gasteiger partial charge in [0.15, 0.2) is 11.5 Å². The van der Waals surface area contributed by atoms with Crippen LogP contribution in [0, 0.1) is 6.92 Å². The molecular weight excluding hydrogens is 440 g/mol. The Morgan fingerprint density at radius 1 is 0.886 bits per heavy atom. The zero-order valence-corrected chi connectivity index (χ0v) is 21.2. The van der Waals surface area contributed by atoms with Crippen LogP contribution in [0.25, 0.3) is 11.1 Å². The molecule has 3 aromatic carbocycles. The second-order valence-corrected chi connectivity index (χ2v) is 10.6. The monoisotopic (exact) mass is 472 g/mol. The maximum Gasteiger partial charge on any atom is 0.335 e. The molecule has 0 spiro atoms. The van der Waals surface area contributed by atoms with Gasteiger partial charge in [0.2, 0.25) is 0 Å². The quantitative estimate of drug-likeness (QED) is 0.191. The number of esters is 1. The Kier molecular flexibility index (Phi) is 6.22. The van der Waals surface area contributed by atoms with Crippen molar-refractivity contribution in [2.45, 2.75) is 65.2 Å². The molecule has 0 saturated carbocycles. The average Bonchev–Trinajstić information content (AvgIpc) is 3.57. The van der Waals surface area contributed by atoms with E-state index in [-0.39, 0.29) is 16.4 Å². The number of fused-ring (bicyclic) bond motifs is 2. The van der Waals surface area contributed by atoms with Crippen LogP contribution in [0.3, 0.4) is 0 Å². The lowest BCUT2D eigenvalue weighted by molar-refractivity contribution is -0.131. The number of carboxylic acids is 1. The zero-order valence-electron chi connectivity index (χ0n) is 21.2. The van der Waals surface area contributed by atoms with Crippen molar-refractivity contribution in [3.05, 3.63) is 76.9 Å². The van der Waals surface area contributed by atoms with E-state index in [1.165, 1.54) is 71.8 Å². The minimum Gasteiger partial charge on any atom is -0.478 e. The van der Waals surface area contributed by atoms with Crippen molar-refractivity contribution < 1.29 is 24.2 Å².